The second kappa shape index (κ2) is 6.02. The molecule has 0 aromatic carbocycles. The monoisotopic (exact) mass is 226 g/mol. The summed E-state index contributed by atoms with van der Waals surface area (Å²) in [4.78, 5) is 2.62. The number of nitrogens with two attached hydrogens (primary N) is 1. The van der Waals surface area contributed by atoms with E-state index in [0.717, 1.165) is 12.5 Å². The summed E-state index contributed by atoms with van der Waals surface area (Å²) in [6, 6.07) is 0. The SMILES string of the molecule is CC(CN)CCN1CCC(C(C)(C)C)CC1. The summed E-state index contributed by atoms with van der Waals surface area (Å²) >= 11 is 0. The van der Waals surface area contributed by atoms with Gasteiger partial charge in [0, 0.05) is 0 Å². The highest BCUT2D eigenvalue weighted by Gasteiger charge is 2.28. The Hall–Kier alpha value is -0.0800. The van der Waals surface area contributed by atoms with Gasteiger partial charge in [0.1, 0.15) is 0 Å². The zero-order valence-electron chi connectivity index (χ0n) is 11.6. The predicted molar refractivity (Wildman–Crippen MR) is 71.5 cm³/mol. The van der Waals surface area contributed by atoms with E-state index < -0.39 is 0 Å². The first-order valence-electron chi connectivity index (χ1n) is 6.86. The zero-order chi connectivity index (χ0) is 12.2. The van der Waals surface area contributed by atoms with Gasteiger partial charge in [-0.15, -0.1) is 0 Å². The van der Waals surface area contributed by atoms with Crippen molar-refractivity contribution in [1.29, 1.82) is 0 Å². The number of likely N-dealkylation sites (tertiary alicyclic amines) is 1. The zero-order valence-corrected chi connectivity index (χ0v) is 11.6. The van der Waals surface area contributed by atoms with Crippen LogP contribution in [0.1, 0.15) is 47.0 Å². The molecule has 0 bridgehead atoms. The Labute approximate surface area is 102 Å². The molecule has 0 aromatic heterocycles. The van der Waals surface area contributed by atoms with Crippen molar-refractivity contribution in [3.05, 3.63) is 0 Å². The Balaban J connectivity index is 2.22. The van der Waals surface area contributed by atoms with Gasteiger partial charge in [-0.2, -0.15) is 0 Å². The highest BCUT2D eigenvalue weighted by atomic mass is 15.1. The summed E-state index contributed by atoms with van der Waals surface area (Å²) in [5.41, 5.74) is 6.14. The van der Waals surface area contributed by atoms with Gasteiger partial charge in [-0.3, -0.25) is 0 Å². The first-order valence-corrected chi connectivity index (χ1v) is 6.86. The molecule has 1 saturated heterocycles. The molecule has 1 aliphatic heterocycles. The lowest BCUT2D eigenvalue weighted by Crippen LogP contribution is -2.39. The molecule has 0 saturated carbocycles. The fourth-order valence-corrected chi connectivity index (χ4v) is 2.54. The van der Waals surface area contributed by atoms with Gasteiger partial charge in [-0.25, -0.2) is 0 Å². The Morgan fingerprint density at radius 1 is 1.25 bits per heavy atom. The molecule has 2 heteroatoms. The van der Waals surface area contributed by atoms with Crippen LogP contribution in [0.15, 0.2) is 0 Å². The van der Waals surface area contributed by atoms with E-state index in [0.29, 0.717) is 11.3 Å². The largest absolute Gasteiger partial charge is 0.330 e. The molecule has 0 radical (unpaired) electrons. The number of hydrogen-bond acceptors (Lipinski definition) is 2. The van der Waals surface area contributed by atoms with E-state index in [1.165, 1.54) is 38.9 Å². The van der Waals surface area contributed by atoms with Crippen molar-refractivity contribution < 1.29 is 0 Å². The van der Waals surface area contributed by atoms with Crippen LogP contribution in [0.2, 0.25) is 0 Å². The van der Waals surface area contributed by atoms with Crippen LogP contribution in [0.25, 0.3) is 0 Å². The summed E-state index contributed by atoms with van der Waals surface area (Å²) in [6.07, 6.45) is 4.01. The van der Waals surface area contributed by atoms with Crippen LogP contribution >= 0.6 is 0 Å². The van der Waals surface area contributed by atoms with Crippen molar-refractivity contribution in [2.75, 3.05) is 26.2 Å². The van der Waals surface area contributed by atoms with Crippen LogP contribution in [0.3, 0.4) is 0 Å². The van der Waals surface area contributed by atoms with Gasteiger partial charge >= 0.3 is 0 Å². The maximum Gasteiger partial charge on any atom is -0.00157 e. The Morgan fingerprint density at radius 3 is 2.25 bits per heavy atom. The van der Waals surface area contributed by atoms with Crippen LogP contribution in [-0.2, 0) is 0 Å². The van der Waals surface area contributed by atoms with E-state index in [1.807, 2.05) is 0 Å². The third kappa shape index (κ3) is 4.42. The number of rotatable bonds is 4. The van der Waals surface area contributed by atoms with Crippen LogP contribution < -0.4 is 5.73 Å². The lowest BCUT2D eigenvalue weighted by molar-refractivity contribution is 0.109. The van der Waals surface area contributed by atoms with Gasteiger partial charge < -0.3 is 10.6 Å². The summed E-state index contributed by atoms with van der Waals surface area (Å²) in [5, 5.41) is 0. The second-order valence-electron chi connectivity index (χ2n) is 6.61. The molecule has 0 amide bonds. The van der Waals surface area contributed by atoms with Crippen LogP contribution in [0.5, 0.6) is 0 Å². The molecule has 0 aliphatic carbocycles. The molecule has 1 atom stereocenters. The molecule has 96 valence electrons. The second-order valence-corrected chi connectivity index (χ2v) is 6.61. The average molecular weight is 226 g/mol. The molecule has 2 N–H and O–H groups in total. The molecule has 2 nitrogen and oxygen atoms in total. The van der Waals surface area contributed by atoms with Gasteiger partial charge in [0.25, 0.3) is 0 Å². The molecule has 1 heterocycles. The molecule has 1 rings (SSSR count). The standard InChI is InChI=1S/C14H30N2/c1-12(11-15)5-8-16-9-6-13(7-10-16)14(2,3)4/h12-13H,5-11,15H2,1-4H3. The maximum absolute atomic E-state index is 5.65. The first kappa shape index (κ1) is 14.0. The maximum atomic E-state index is 5.65. The fourth-order valence-electron chi connectivity index (χ4n) is 2.54. The number of piperidine rings is 1. The van der Waals surface area contributed by atoms with Gasteiger partial charge in [0.05, 0.1) is 0 Å². The highest BCUT2D eigenvalue weighted by molar-refractivity contribution is 4.80. The van der Waals surface area contributed by atoms with Gasteiger partial charge in [-0.1, -0.05) is 27.7 Å². The molecule has 1 fully saturated rings. The van der Waals surface area contributed by atoms with E-state index >= 15 is 0 Å². The fraction of sp³-hybridized carbons (Fsp3) is 1.00. The van der Waals surface area contributed by atoms with Crippen molar-refractivity contribution in [2.45, 2.75) is 47.0 Å². The van der Waals surface area contributed by atoms with Crippen molar-refractivity contribution in [1.82, 2.24) is 4.90 Å². The third-order valence-corrected chi connectivity index (χ3v) is 4.15. The topological polar surface area (TPSA) is 29.3 Å². The molecular formula is C14H30N2. The summed E-state index contributed by atoms with van der Waals surface area (Å²) in [5.74, 6) is 1.59. The number of hydrogen-bond donors (Lipinski definition) is 1. The van der Waals surface area contributed by atoms with Gasteiger partial charge in [-0.05, 0) is 62.7 Å². The molecule has 16 heavy (non-hydrogen) atoms. The van der Waals surface area contributed by atoms with Crippen molar-refractivity contribution in [3.8, 4) is 0 Å². The smallest absolute Gasteiger partial charge is 0.00157 e. The first-order chi connectivity index (χ1) is 7.43. The molecule has 1 aliphatic rings. The van der Waals surface area contributed by atoms with E-state index in [1.54, 1.807) is 0 Å². The van der Waals surface area contributed by atoms with E-state index in [4.69, 9.17) is 5.73 Å². The number of nitrogens with zero attached hydrogens (tertiary/aromatic N) is 1. The normalized spacial score (nSPS) is 22.3. The minimum atomic E-state index is 0.497. The third-order valence-electron chi connectivity index (χ3n) is 4.15. The Kier molecular flexibility index (Phi) is 5.26. The van der Waals surface area contributed by atoms with Crippen LogP contribution in [-0.4, -0.2) is 31.1 Å². The molecule has 0 spiro atoms. The quantitative estimate of drug-likeness (QED) is 0.798. The van der Waals surface area contributed by atoms with E-state index in [2.05, 4.69) is 32.6 Å². The summed E-state index contributed by atoms with van der Waals surface area (Å²) < 4.78 is 0. The van der Waals surface area contributed by atoms with Crippen LogP contribution in [0, 0.1) is 17.3 Å². The van der Waals surface area contributed by atoms with Gasteiger partial charge in [0.15, 0.2) is 0 Å². The lowest BCUT2D eigenvalue weighted by Gasteiger charge is -2.39. The van der Waals surface area contributed by atoms with E-state index in [9.17, 15) is 0 Å². The van der Waals surface area contributed by atoms with Crippen molar-refractivity contribution in [3.63, 3.8) is 0 Å². The van der Waals surface area contributed by atoms with Crippen molar-refractivity contribution in [2.24, 2.45) is 23.0 Å². The molecule has 0 aromatic rings. The average Bonchev–Trinajstić information content (AvgIpc) is 2.25. The summed E-state index contributed by atoms with van der Waals surface area (Å²) in [6.45, 7) is 14.0. The van der Waals surface area contributed by atoms with Gasteiger partial charge in [0.2, 0.25) is 0 Å². The van der Waals surface area contributed by atoms with Crippen molar-refractivity contribution >= 4 is 0 Å². The molecular weight excluding hydrogens is 196 g/mol. The lowest BCUT2D eigenvalue weighted by atomic mass is 9.75. The van der Waals surface area contributed by atoms with Crippen LogP contribution in [0.4, 0.5) is 0 Å². The van der Waals surface area contributed by atoms with E-state index in [-0.39, 0.29) is 0 Å². The molecule has 1 unspecified atom stereocenters. The minimum Gasteiger partial charge on any atom is -0.330 e. The Bertz CT molecular complexity index is 187. The minimum absolute atomic E-state index is 0.497. The Morgan fingerprint density at radius 2 is 1.81 bits per heavy atom. The summed E-state index contributed by atoms with van der Waals surface area (Å²) in [7, 11) is 0. The highest BCUT2D eigenvalue weighted by Crippen LogP contribution is 2.34. The predicted octanol–water partition coefficient (Wildman–Crippen LogP) is 2.73.